The zero-order chi connectivity index (χ0) is 9.42. The van der Waals surface area contributed by atoms with Crippen molar-refractivity contribution in [2.75, 3.05) is 0 Å². The molecular weight excluding hydrogens is 170 g/mol. The molecular formula is C8H11N3O2. The Morgan fingerprint density at radius 2 is 2.54 bits per heavy atom. The first-order valence-corrected chi connectivity index (χ1v) is 4.26. The van der Waals surface area contributed by atoms with E-state index in [-0.39, 0.29) is 6.04 Å². The van der Waals surface area contributed by atoms with Gasteiger partial charge in [0, 0.05) is 6.54 Å². The Morgan fingerprint density at radius 3 is 3.23 bits per heavy atom. The number of carbonyl (C=O) groups is 1. The molecule has 0 aliphatic carbocycles. The maximum absolute atomic E-state index is 11.0. The normalized spacial score (nSPS) is 20.5. The molecule has 0 saturated heterocycles. The van der Waals surface area contributed by atoms with Crippen molar-refractivity contribution in [2.24, 2.45) is 0 Å². The summed E-state index contributed by atoms with van der Waals surface area (Å²) in [5, 5.41) is 6.90. The third-order valence-electron chi connectivity index (χ3n) is 2.03. The van der Waals surface area contributed by atoms with E-state index in [2.05, 4.69) is 10.4 Å². The molecule has 13 heavy (non-hydrogen) atoms. The lowest BCUT2D eigenvalue weighted by molar-refractivity contribution is 0.189. The smallest absolute Gasteiger partial charge is 0.407 e. The van der Waals surface area contributed by atoms with Crippen molar-refractivity contribution in [1.29, 1.82) is 0 Å². The summed E-state index contributed by atoms with van der Waals surface area (Å²) < 4.78 is 6.70. The summed E-state index contributed by atoms with van der Waals surface area (Å²) in [4.78, 5) is 11.0. The number of nitrogens with zero attached hydrogens (tertiary/aromatic N) is 2. The van der Waals surface area contributed by atoms with Crippen molar-refractivity contribution >= 4 is 6.09 Å². The van der Waals surface area contributed by atoms with Crippen LogP contribution in [0.15, 0.2) is 6.20 Å². The van der Waals surface area contributed by atoms with E-state index in [9.17, 15) is 4.79 Å². The number of amides is 1. The van der Waals surface area contributed by atoms with Crippen LogP contribution in [0.2, 0.25) is 0 Å². The molecule has 0 spiro atoms. The van der Waals surface area contributed by atoms with Gasteiger partial charge in [-0.15, -0.1) is 0 Å². The minimum atomic E-state index is -0.407. The van der Waals surface area contributed by atoms with Gasteiger partial charge in [-0.25, -0.2) is 4.79 Å². The van der Waals surface area contributed by atoms with Gasteiger partial charge in [0.25, 0.3) is 0 Å². The van der Waals surface area contributed by atoms with Crippen molar-refractivity contribution in [1.82, 2.24) is 15.1 Å². The fourth-order valence-corrected chi connectivity index (χ4v) is 1.33. The molecule has 2 rings (SSSR count). The van der Waals surface area contributed by atoms with Crippen LogP contribution in [0.4, 0.5) is 4.79 Å². The van der Waals surface area contributed by atoms with Crippen LogP contribution in [-0.4, -0.2) is 15.9 Å². The lowest BCUT2D eigenvalue weighted by atomic mass is 10.2. The molecule has 5 nitrogen and oxygen atoms in total. The summed E-state index contributed by atoms with van der Waals surface area (Å²) in [7, 11) is 0. The highest BCUT2D eigenvalue weighted by Gasteiger charge is 2.25. The lowest BCUT2D eigenvalue weighted by Gasteiger charge is -2.17. The average Bonchev–Trinajstić information content (AvgIpc) is 2.47. The van der Waals surface area contributed by atoms with Crippen molar-refractivity contribution < 1.29 is 9.53 Å². The molecule has 70 valence electrons. The molecule has 0 radical (unpaired) electrons. The Morgan fingerprint density at radius 1 is 1.77 bits per heavy atom. The van der Waals surface area contributed by atoms with E-state index in [4.69, 9.17) is 4.74 Å². The number of aromatic nitrogens is 2. The Hall–Kier alpha value is -1.52. The number of aryl methyl sites for hydroxylation is 1. The van der Waals surface area contributed by atoms with Gasteiger partial charge in [0.15, 0.2) is 5.75 Å². The number of hydrogen-bond donors (Lipinski definition) is 1. The standard InChI is InChI=1S/C8H11N3O2/c1-3-11-4-6-7(10-11)5(2)9-8(12)13-6/h4-5H,3H2,1-2H3,(H,9,12). The van der Waals surface area contributed by atoms with Gasteiger partial charge in [0.1, 0.15) is 5.69 Å². The summed E-state index contributed by atoms with van der Waals surface area (Å²) >= 11 is 0. The Balaban J connectivity index is 2.40. The van der Waals surface area contributed by atoms with Crippen LogP contribution in [-0.2, 0) is 6.54 Å². The largest absolute Gasteiger partial charge is 0.413 e. The minimum absolute atomic E-state index is 0.0657. The number of rotatable bonds is 1. The molecule has 1 aromatic heterocycles. The summed E-state index contributed by atoms with van der Waals surface area (Å²) in [6.07, 6.45) is 1.33. The Labute approximate surface area is 75.7 Å². The second kappa shape index (κ2) is 2.76. The summed E-state index contributed by atoms with van der Waals surface area (Å²) in [6, 6.07) is -0.0657. The first-order chi connectivity index (χ1) is 6.20. The minimum Gasteiger partial charge on any atom is -0.407 e. The summed E-state index contributed by atoms with van der Waals surface area (Å²) in [5.41, 5.74) is 0.793. The third-order valence-corrected chi connectivity index (χ3v) is 2.03. The van der Waals surface area contributed by atoms with Crippen LogP contribution in [0.1, 0.15) is 25.6 Å². The molecule has 1 unspecified atom stereocenters. The van der Waals surface area contributed by atoms with Crippen LogP contribution in [0.25, 0.3) is 0 Å². The first kappa shape index (κ1) is 8.10. The highest BCUT2D eigenvalue weighted by molar-refractivity contribution is 5.73. The zero-order valence-corrected chi connectivity index (χ0v) is 7.57. The molecule has 1 atom stereocenters. The van der Waals surface area contributed by atoms with E-state index in [1.165, 1.54) is 0 Å². The van der Waals surface area contributed by atoms with Crippen LogP contribution < -0.4 is 10.1 Å². The molecule has 1 aliphatic heterocycles. The molecule has 0 saturated carbocycles. The van der Waals surface area contributed by atoms with Crippen molar-refractivity contribution in [2.45, 2.75) is 26.4 Å². The number of ether oxygens (including phenoxy) is 1. The number of carbonyl (C=O) groups excluding carboxylic acids is 1. The molecule has 0 fully saturated rings. The number of fused-ring (bicyclic) bond motifs is 1. The molecule has 5 heteroatoms. The maximum atomic E-state index is 11.0. The van der Waals surface area contributed by atoms with E-state index in [0.717, 1.165) is 12.2 Å². The van der Waals surface area contributed by atoms with E-state index in [1.54, 1.807) is 10.9 Å². The predicted molar refractivity (Wildman–Crippen MR) is 45.5 cm³/mol. The Bertz CT molecular complexity index is 345. The van der Waals surface area contributed by atoms with E-state index in [0.29, 0.717) is 5.75 Å². The van der Waals surface area contributed by atoms with Gasteiger partial charge in [0.2, 0.25) is 0 Å². The summed E-state index contributed by atoms with van der Waals surface area (Å²) in [6.45, 7) is 4.64. The molecule has 0 aromatic carbocycles. The zero-order valence-electron chi connectivity index (χ0n) is 7.57. The van der Waals surface area contributed by atoms with Crippen molar-refractivity contribution in [3.8, 4) is 5.75 Å². The van der Waals surface area contributed by atoms with Crippen LogP contribution in [0.3, 0.4) is 0 Å². The van der Waals surface area contributed by atoms with Crippen LogP contribution in [0.5, 0.6) is 5.75 Å². The topological polar surface area (TPSA) is 56.2 Å². The second-order valence-corrected chi connectivity index (χ2v) is 2.99. The number of nitrogens with one attached hydrogen (secondary N) is 1. The van der Waals surface area contributed by atoms with Gasteiger partial charge in [-0.2, -0.15) is 5.10 Å². The van der Waals surface area contributed by atoms with Gasteiger partial charge >= 0.3 is 6.09 Å². The van der Waals surface area contributed by atoms with E-state index < -0.39 is 6.09 Å². The van der Waals surface area contributed by atoms with Gasteiger partial charge in [-0.1, -0.05) is 0 Å². The molecule has 2 heterocycles. The maximum Gasteiger partial charge on any atom is 0.413 e. The van der Waals surface area contributed by atoms with E-state index >= 15 is 0 Å². The SMILES string of the molecule is CCn1cc2c(n1)C(C)NC(=O)O2. The van der Waals surface area contributed by atoms with Crippen molar-refractivity contribution in [3.05, 3.63) is 11.9 Å². The lowest BCUT2D eigenvalue weighted by Crippen LogP contribution is -2.34. The fourth-order valence-electron chi connectivity index (χ4n) is 1.33. The molecule has 1 N–H and O–H groups in total. The highest BCUT2D eigenvalue weighted by atomic mass is 16.6. The molecule has 1 amide bonds. The molecule has 0 bridgehead atoms. The monoisotopic (exact) mass is 181 g/mol. The first-order valence-electron chi connectivity index (χ1n) is 4.26. The quantitative estimate of drug-likeness (QED) is 0.704. The fraction of sp³-hybridized carbons (Fsp3) is 0.500. The average molecular weight is 181 g/mol. The van der Waals surface area contributed by atoms with Gasteiger partial charge in [-0.3, -0.25) is 4.68 Å². The highest BCUT2D eigenvalue weighted by Crippen LogP contribution is 2.27. The third kappa shape index (κ3) is 1.26. The second-order valence-electron chi connectivity index (χ2n) is 2.99. The number of hydrogen-bond acceptors (Lipinski definition) is 3. The predicted octanol–water partition coefficient (Wildman–Crippen LogP) is 1.07. The Kier molecular flexibility index (Phi) is 1.72. The molecule has 1 aromatic rings. The van der Waals surface area contributed by atoms with Crippen LogP contribution >= 0.6 is 0 Å². The molecule has 1 aliphatic rings. The van der Waals surface area contributed by atoms with Gasteiger partial charge in [-0.05, 0) is 13.8 Å². The van der Waals surface area contributed by atoms with Crippen molar-refractivity contribution in [3.63, 3.8) is 0 Å². The van der Waals surface area contributed by atoms with E-state index in [1.807, 2.05) is 13.8 Å². The van der Waals surface area contributed by atoms with Crippen LogP contribution in [0, 0.1) is 0 Å². The van der Waals surface area contributed by atoms with Gasteiger partial charge in [0.05, 0.1) is 12.2 Å². The summed E-state index contributed by atoms with van der Waals surface area (Å²) in [5.74, 6) is 0.568. The van der Waals surface area contributed by atoms with Gasteiger partial charge < -0.3 is 10.1 Å².